The molecule has 2 heterocycles. The third-order valence-electron chi connectivity index (χ3n) is 4.78. The molecule has 1 aliphatic rings. The van der Waals surface area contributed by atoms with Crippen LogP contribution < -0.4 is 5.32 Å². The molecular weight excluding hydrogens is 380 g/mol. The molecule has 0 aliphatic carbocycles. The predicted molar refractivity (Wildman–Crippen MR) is 109 cm³/mol. The van der Waals surface area contributed by atoms with Crippen molar-refractivity contribution in [2.24, 2.45) is 0 Å². The third kappa shape index (κ3) is 5.18. The molecule has 0 bridgehead atoms. The van der Waals surface area contributed by atoms with E-state index in [9.17, 15) is 13.2 Å². The lowest BCUT2D eigenvalue weighted by Gasteiger charge is -2.18. The molecule has 0 saturated carbocycles. The number of benzene rings is 1. The fraction of sp³-hybridized carbons (Fsp3) is 0.450. The molecule has 0 spiro atoms. The average Bonchev–Trinajstić information content (AvgIpc) is 3.00. The monoisotopic (exact) mass is 406 g/mol. The fourth-order valence-corrected chi connectivity index (χ4v) is 6.05. The summed E-state index contributed by atoms with van der Waals surface area (Å²) in [6.07, 6.45) is 4.69. The van der Waals surface area contributed by atoms with Crippen molar-refractivity contribution in [3.63, 3.8) is 0 Å². The molecular formula is C20H26N2O3S2. The number of rotatable bonds is 6. The minimum absolute atomic E-state index is 0.218. The van der Waals surface area contributed by atoms with Crippen molar-refractivity contribution in [2.45, 2.75) is 43.2 Å². The van der Waals surface area contributed by atoms with Crippen LogP contribution in [0.4, 0.5) is 0 Å². The molecule has 27 heavy (non-hydrogen) atoms. The topological polar surface area (TPSA) is 66.5 Å². The van der Waals surface area contributed by atoms with Crippen molar-refractivity contribution in [3.8, 4) is 0 Å². The van der Waals surface area contributed by atoms with Crippen LogP contribution in [0.5, 0.6) is 0 Å². The summed E-state index contributed by atoms with van der Waals surface area (Å²) in [7, 11) is -3.49. The van der Waals surface area contributed by atoms with Gasteiger partial charge in [-0.1, -0.05) is 42.7 Å². The number of aryl methyl sites for hydroxylation is 1. The van der Waals surface area contributed by atoms with Gasteiger partial charge in [-0.3, -0.25) is 4.79 Å². The molecule has 5 nitrogen and oxygen atoms in total. The lowest BCUT2D eigenvalue weighted by atomic mass is 10.1. The van der Waals surface area contributed by atoms with Gasteiger partial charge in [0.15, 0.2) is 0 Å². The SMILES string of the molecule is Cc1ccc(CCNC(=O)c2ccc(S(=O)(=O)N3CCCCCC3)s2)cc1. The van der Waals surface area contributed by atoms with Crippen LogP contribution in [0.25, 0.3) is 0 Å². The molecule has 0 atom stereocenters. The molecule has 1 amide bonds. The van der Waals surface area contributed by atoms with Gasteiger partial charge >= 0.3 is 0 Å². The van der Waals surface area contributed by atoms with Crippen molar-refractivity contribution in [3.05, 3.63) is 52.4 Å². The van der Waals surface area contributed by atoms with Crippen LogP contribution in [-0.2, 0) is 16.4 Å². The zero-order valence-corrected chi connectivity index (χ0v) is 17.2. The Morgan fingerprint density at radius 1 is 1.04 bits per heavy atom. The van der Waals surface area contributed by atoms with Crippen LogP contribution in [0.15, 0.2) is 40.6 Å². The van der Waals surface area contributed by atoms with Crippen molar-refractivity contribution >= 4 is 27.3 Å². The minimum atomic E-state index is -3.49. The Bertz CT molecular complexity index is 865. The van der Waals surface area contributed by atoms with Crippen molar-refractivity contribution < 1.29 is 13.2 Å². The molecule has 1 aromatic heterocycles. The van der Waals surface area contributed by atoms with Gasteiger partial charge < -0.3 is 5.32 Å². The first-order valence-corrected chi connectivity index (χ1v) is 11.7. The second-order valence-corrected chi connectivity index (χ2v) is 10.2. The molecule has 1 saturated heterocycles. The highest BCUT2D eigenvalue weighted by atomic mass is 32.2. The number of nitrogens with zero attached hydrogens (tertiary/aromatic N) is 1. The maximum atomic E-state index is 12.8. The first kappa shape index (κ1) is 20.0. The summed E-state index contributed by atoms with van der Waals surface area (Å²) in [4.78, 5) is 12.8. The van der Waals surface area contributed by atoms with Gasteiger partial charge in [0, 0.05) is 19.6 Å². The summed E-state index contributed by atoms with van der Waals surface area (Å²) < 4.78 is 27.4. The molecule has 1 fully saturated rings. The molecule has 7 heteroatoms. The number of sulfonamides is 1. The van der Waals surface area contributed by atoms with Crippen molar-refractivity contribution in [2.75, 3.05) is 19.6 Å². The summed E-state index contributed by atoms with van der Waals surface area (Å²) in [6, 6.07) is 11.4. The fourth-order valence-electron chi connectivity index (χ4n) is 3.15. The second kappa shape index (κ2) is 8.99. The standard InChI is InChI=1S/C20H26N2O3S2/c1-16-6-8-17(9-7-16)12-13-21-20(23)18-10-11-19(26-18)27(24,25)22-14-4-2-3-5-15-22/h6-11H,2-5,12-15H2,1H3,(H,21,23). The maximum Gasteiger partial charge on any atom is 0.261 e. The molecule has 1 N–H and O–H groups in total. The predicted octanol–water partition coefficient (Wildman–Crippen LogP) is 3.59. The summed E-state index contributed by atoms with van der Waals surface area (Å²) >= 11 is 1.05. The van der Waals surface area contributed by atoms with Gasteiger partial charge in [-0.15, -0.1) is 11.3 Å². The highest BCUT2D eigenvalue weighted by Gasteiger charge is 2.27. The lowest BCUT2D eigenvalue weighted by molar-refractivity contribution is 0.0958. The zero-order valence-electron chi connectivity index (χ0n) is 15.6. The van der Waals surface area contributed by atoms with Gasteiger partial charge in [0.05, 0.1) is 4.88 Å². The van der Waals surface area contributed by atoms with E-state index in [1.807, 2.05) is 6.92 Å². The van der Waals surface area contributed by atoms with Gasteiger partial charge in [-0.05, 0) is 43.9 Å². The van der Waals surface area contributed by atoms with Crippen LogP contribution in [-0.4, -0.2) is 38.3 Å². The second-order valence-electron chi connectivity index (χ2n) is 6.93. The Labute approximate surface area is 165 Å². The average molecular weight is 407 g/mol. The molecule has 0 radical (unpaired) electrons. The van der Waals surface area contributed by atoms with Crippen LogP contribution in [0.2, 0.25) is 0 Å². The van der Waals surface area contributed by atoms with Crippen LogP contribution in [0.1, 0.15) is 46.5 Å². The maximum absolute atomic E-state index is 12.8. The number of hydrogen-bond donors (Lipinski definition) is 1. The molecule has 0 unspecified atom stereocenters. The molecule has 146 valence electrons. The summed E-state index contributed by atoms with van der Waals surface area (Å²) in [5.41, 5.74) is 2.37. The van der Waals surface area contributed by atoms with Crippen LogP contribution >= 0.6 is 11.3 Å². The van der Waals surface area contributed by atoms with Crippen molar-refractivity contribution in [1.29, 1.82) is 0 Å². The quantitative estimate of drug-likeness (QED) is 0.797. The molecule has 2 aromatic rings. The Hall–Kier alpha value is -1.70. The van der Waals surface area contributed by atoms with E-state index in [2.05, 4.69) is 29.6 Å². The van der Waals surface area contributed by atoms with E-state index < -0.39 is 10.0 Å². The van der Waals surface area contributed by atoms with Crippen LogP contribution in [0.3, 0.4) is 0 Å². The number of amides is 1. The number of nitrogens with one attached hydrogen (secondary N) is 1. The Kier molecular flexibility index (Phi) is 6.68. The normalized spacial score (nSPS) is 16.0. The minimum Gasteiger partial charge on any atom is -0.351 e. The Morgan fingerprint density at radius 2 is 1.70 bits per heavy atom. The molecule has 3 rings (SSSR count). The summed E-state index contributed by atoms with van der Waals surface area (Å²) in [5, 5.41) is 2.88. The van der Waals surface area contributed by atoms with Gasteiger partial charge in [0.2, 0.25) is 0 Å². The van der Waals surface area contributed by atoms with E-state index in [1.54, 1.807) is 16.4 Å². The van der Waals surface area contributed by atoms with E-state index in [0.29, 0.717) is 24.5 Å². The first-order chi connectivity index (χ1) is 13.0. The third-order valence-corrected chi connectivity index (χ3v) is 8.23. The van der Waals surface area contributed by atoms with Gasteiger partial charge in [-0.25, -0.2) is 8.42 Å². The van der Waals surface area contributed by atoms with Gasteiger partial charge in [0.1, 0.15) is 4.21 Å². The lowest BCUT2D eigenvalue weighted by Crippen LogP contribution is -2.31. The molecule has 1 aliphatic heterocycles. The Balaban J connectivity index is 1.58. The number of carbonyl (C=O) groups is 1. The summed E-state index contributed by atoms with van der Waals surface area (Å²) in [6.45, 7) is 3.70. The van der Waals surface area contributed by atoms with Gasteiger partial charge in [-0.2, -0.15) is 4.31 Å². The zero-order chi connectivity index (χ0) is 19.3. The van der Waals surface area contributed by atoms with Gasteiger partial charge in [0.25, 0.3) is 15.9 Å². The van der Waals surface area contributed by atoms with E-state index in [-0.39, 0.29) is 10.1 Å². The van der Waals surface area contributed by atoms with E-state index in [4.69, 9.17) is 0 Å². The number of thiophene rings is 1. The highest BCUT2D eigenvalue weighted by Crippen LogP contribution is 2.26. The van der Waals surface area contributed by atoms with Crippen LogP contribution in [0, 0.1) is 6.92 Å². The smallest absolute Gasteiger partial charge is 0.261 e. The number of hydrogen-bond acceptors (Lipinski definition) is 4. The van der Waals surface area contributed by atoms with Crippen molar-refractivity contribution in [1.82, 2.24) is 9.62 Å². The Morgan fingerprint density at radius 3 is 2.37 bits per heavy atom. The number of carbonyl (C=O) groups excluding carboxylic acids is 1. The largest absolute Gasteiger partial charge is 0.351 e. The highest BCUT2D eigenvalue weighted by molar-refractivity contribution is 7.91. The summed E-state index contributed by atoms with van der Waals surface area (Å²) in [5.74, 6) is -0.218. The first-order valence-electron chi connectivity index (χ1n) is 9.40. The van der Waals surface area contributed by atoms with E-state index in [0.717, 1.165) is 49.0 Å². The molecule has 1 aromatic carbocycles. The van der Waals surface area contributed by atoms with E-state index >= 15 is 0 Å². The van der Waals surface area contributed by atoms with E-state index in [1.165, 1.54) is 5.56 Å².